The van der Waals surface area contributed by atoms with Gasteiger partial charge >= 0.3 is 11.9 Å². The number of hydrogen-bond donors (Lipinski definition) is 3. The molecule has 0 bridgehead atoms. The highest BCUT2D eigenvalue weighted by molar-refractivity contribution is 6.27. The molecule has 4 aromatic rings. The SMILES string of the molecule is Cc1ccc(-c2cnc(NCc3cccc(Oc4ccccc4)c3)n2C)cc1C.O=C(O)C(=O)O. The van der Waals surface area contributed by atoms with Crippen molar-refractivity contribution in [2.75, 3.05) is 5.32 Å². The molecule has 0 aliphatic carbocycles. The van der Waals surface area contributed by atoms with Crippen molar-refractivity contribution in [1.29, 1.82) is 0 Å². The molecule has 8 heteroatoms. The summed E-state index contributed by atoms with van der Waals surface area (Å²) >= 11 is 0. The summed E-state index contributed by atoms with van der Waals surface area (Å²) in [5, 5.41) is 18.2. The summed E-state index contributed by atoms with van der Waals surface area (Å²) in [7, 11) is 2.04. The molecule has 0 radical (unpaired) electrons. The number of carboxylic acid groups (broad SMARTS) is 2. The lowest BCUT2D eigenvalue weighted by Gasteiger charge is -2.11. The summed E-state index contributed by atoms with van der Waals surface area (Å²) in [5.74, 6) is -1.15. The average molecular weight is 474 g/mol. The minimum absolute atomic E-state index is 0.670. The molecule has 0 unspecified atom stereocenters. The van der Waals surface area contributed by atoms with Gasteiger partial charge in [0.1, 0.15) is 11.5 Å². The zero-order chi connectivity index (χ0) is 25.4. The standard InChI is InChI=1S/C25H25N3O.C2H2O4/c1-18-12-13-21(14-19(18)2)24-17-27-25(28(24)3)26-16-20-8-7-11-23(15-20)29-22-9-5-4-6-10-22;3-1(4)2(5)6/h4-15,17H,16H2,1-3H3,(H,26,27);(H,3,4)(H,5,6). The number of hydrogen-bond acceptors (Lipinski definition) is 5. The number of aromatic nitrogens is 2. The van der Waals surface area contributed by atoms with Crippen molar-refractivity contribution < 1.29 is 24.5 Å². The van der Waals surface area contributed by atoms with Crippen molar-refractivity contribution in [1.82, 2.24) is 9.55 Å². The van der Waals surface area contributed by atoms with E-state index in [1.165, 1.54) is 16.7 Å². The molecule has 4 rings (SSSR count). The number of rotatable bonds is 6. The Balaban J connectivity index is 0.000000509. The number of ether oxygens (including phenoxy) is 1. The van der Waals surface area contributed by atoms with Gasteiger partial charge in [-0.15, -0.1) is 0 Å². The van der Waals surface area contributed by atoms with Gasteiger partial charge in [0.05, 0.1) is 11.9 Å². The molecule has 0 aliphatic heterocycles. The number of nitrogens with zero attached hydrogens (tertiary/aromatic N) is 2. The molecule has 8 nitrogen and oxygen atoms in total. The van der Waals surface area contributed by atoms with E-state index in [9.17, 15) is 0 Å². The van der Waals surface area contributed by atoms with Crippen molar-refractivity contribution in [2.45, 2.75) is 20.4 Å². The second kappa shape index (κ2) is 11.5. The fourth-order valence-electron chi connectivity index (χ4n) is 3.27. The van der Waals surface area contributed by atoms with Crippen LogP contribution in [0.4, 0.5) is 5.95 Å². The number of nitrogens with one attached hydrogen (secondary N) is 1. The number of carboxylic acids is 2. The molecule has 0 aliphatic rings. The van der Waals surface area contributed by atoms with Crippen LogP contribution in [0, 0.1) is 13.8 Å². The van der Waals surface area contributed by atoms with Gasteiger partial charge in [-0.2, -0.15) is 0 Å². The molecule has 0 atom stereocenters. The van der Waals surface area contributed by atoms with Crippen LogP contribution in [-0.2, 0) is 23.2 Å². The van der Waals surface area contributed by atoms with Gasteiger partial charge in [-0.3, -0.25) is 0 Å². The minimum Gasteiger partial charge on any atom is -0.473 e. The van der Waals surface area contributed by atoms with Gasteiger partial charge < -0.3 is 24.8 Å². The highest BCUT2D eigenvalue weighted by Crippen LogP contribution is 2.25. The maximum atomic E-state index is 9.10. The molecule has 35 heavy (non-hydrogen) atoms. The predicted molar refractivity (Wildman–Crippen MR) is 134 cm³/mol. The van der Waals surface area contributed by atoms with Crippen LogP contribution in [0.15, 0.2) is 79.0 Å². The minimum atomic E-state index is -1.82. The topological polar surface area (TPSA) is 114 Å². The Morgan fingerprint density at radius 2 is 1.57 bits per heavy atom. The third kappa shape index (κ3) is 6.94. The monoisotopic (exact) mass is 473 g/mol. The smallest absolute Gasteiger partial charge is 0.414 e. The van der Waals surface area contributed by atoms with Crippen LogP contribution >= 0.6 is 0 Å². The fourth-order valence-corrected chi connectivity index (χ4v) is 3.27. The van der Waals surface area contributed by atoms with E-state index in [2.05, 4.69) is 53.0 Å². The molecule has 3 aromatic carbocycles. The first-order chi connectivity index (χ1) is 16.7. The van der Waals surface area contributed by atoms with Gasteiger partial charge in [-0.1, -0.05) is 42.5 Å². The van der Waals surface area contributed by atoms with Gasteiger partial charge in [0.15, 0.2) is 0 Å². The number of carbonyl (C=O) groups is 2. The molecule has 1 heterocycles. The maximum Gasteiger partial charge on any atom is 0.414 e. The van der Waals surface area contributed by atoms with Crippen LogP contribution < -0.4 is 10.1 Å². The third-order valence-corrected chi connectivity index (χ3v) is 5.30. The Bertz CT molecular complexity index is 1300. The van der Waals surface area contributed by atoms with Crippen molar-refractivity contribution in [3.8, 4) is 22.8 Å². The normalized spacial score (nSPS) is 10.1. The van der Waals surface area contributed by atoms with E-state index in [1.54, 1.807) is 0 Å². The summed E-state index contributed by atoms with van der Waals surface area (Å²) in [6.07, 6.45) is 1.92. The fraction of sp³-hybridized carbons (Fsp3) is 0.148. The van der Waals surface area contributed by atoms with Crippen LogP contribution in [0.3, 0.4) is 0 Å². The lowest BCUT2D eigenvalue weighted by molar-refractivity contribution is -0.159. The molecule has 0 amide bonds. The van der Waals surface area contributed by atoms with E-state index in [0.717, 1.165) is 28.7 Å². The number of benzene rings is 3. The van der Waals surface area contributed by atoms with E-state index in [1.807, 2.05) is 61.8 Å². The number of aliphatic carboxylic acids is 2. The molecule has 0 fully saturated rings. The molecule has 180 valence electrons. The van der Waals surface area contributed by atoms with Crippen molar-refractivity contribution in [3.05, 3.63) is 95.7 Å². The number of anilines is 1. The number of aryl methyl sites for hydroxylation is 2. The van der Waals surface area contributed by atoms with Gasteiger partial charge in [-0.05, 0) is 60.9 Å². The highest BCUT2D eigenvalue weighted by Gasteiger charge is 2.09. The molecule has 0 spiro atoms. The summed E-state index contributed by atoms with van der Waals surface area (Å²) < 4.78 is 8.02. The highest BCUT2D eigenvalue weighted by atomic mass is 16.5. The molecular weight excluding hydrogens is 446 g/mol. The van der Waals surface area contributed by atoms with Gasteiger partial charge in [-0.25, -0.2) is 14.6 Å². The van der Waals surface area contributed by atoms with Crippen LogP contribution in [-0.4, -0.2) is 31.7 Å². The van der Waals surface area contributed by atoms with Crippen LogP contribution in [0.2, 0.25) is 0 Å². The lowest BCUT2D eigenvalue weighted by atomic mass is 10.0. The maximum absolute atomic E-state index is 9.10. The van der Waals surface area contributed by atoms with E-state index in [-0.39, 0.29) is 0 Å². The Morgan fingerprint density at radius 1 is 0.886 bits per heavy atom. The second-order valence-electron chi connectivity index (χ2n) is 7.85. The molecular formula is C27H27N3O5. The summed E-state index contributed by atoms with van der Waals surface area (Å²) in [6.45, 7) is 4.94. The second-order valence-corrected chi connectivity index (χ2v) is 7.85. The Hall–Kier alpha value is -4.59. The number of para-hydroxylation sites is 1. The van der Waals surface area contributed by atoms with Gasteiger partial charge in [0.2, 0.25) is 5.95 Å². The van der Waals surface area contributed by atoms with Gasteiger partial charge in [0.25, 0.3) is 0 Å². The first kappa shape index (κ1) is 25.0. The zero-order valence-electron chi connectivity index (χ0n) is 19.7. The van der Waals surface area contributed by atoms with E-state index < -0.39 is 11.9 Å². The van der Waals surface area contributed by atoms with Crippen LogP contribution in [0.5, 0.6) is 11.5 Å². The largest absolute Gasteiger partial charge is 0.473 e. The first-order valence-corrected chi connectivity index (χ1v) is 10.9. The lowest BCUT2D eigenvalue weighted by Crippen LogP contribution is -2.09. The summed E-state index contributed by atoms with van der Waals surface area (Å²) in [5.41, 5.74) is 5.99. The Labute approximate surface area is 203 Å². The van der Waals surface area contributed by atoms with Crippen molar-refractivity contribution in [3.63, 3.8) is 0 Å². The zero-order valence-corrected chi connectivity index (χ0v) is 19.7. The van der Waals surface area contributed by atoms with Crippen LogP contribution in [0.25, 0.3) is 11.3 Å². The predicted octanol–water partition coefficient (Wildman–Crippen LogP) is 5.26. The van der Waals surface area contributed by atoms with Gasteiger partial charge in [0, 0.05) is 19.2 Å². The van der Waals surface area contributed by atoms with Crippen molar-refractivity contribution >= 4 is 17.9 Å². The molecule has 3 N–H and O–H groups in total. The molecule has 1 aromatic heterocycles. The average Bonchev–Trinajstić information content (AvgIpc) is 3.21. The Morgan fingerprint density at radius 3 is 2.23 bits per heavy atom. The number of imidazole rings is 1. The molecule has 0 saturated carbocycles. The summed E-state index contributed by atoms with van der Waals surface area (Å²) in [6, 6.07) is 24.4. The molecule has 0 saturated heterocycles. The van der Waals surface area contributed by atoms with E-state index in [0.29, 0.717) is 6.54 Å². The van der Waals surface area contributed by atoms with Crippen molar-refractivity contribution in [2.24, 2.45) is 7.05 Å². The third-order valence-electron chi connectivity index (χ3n) is 5.30. The van der Waals surface area contributed by atoms with Crippen LogP contribution in [0.1, 0.15) is 16.7 Å². The summed E-state index contributed by atoms with van der Waals surface area (Å²) in [4.78, 5) is 22.8. The van der Waals surface area contributed by atoms with E-state index >= 15 is 0 Å². The Kier molecular flexibility index (Phi) is 8.24. The first-order valence-electron chi connectivity index (χ1n) is 10.9. The quantitative estimate of drug-likeness (QED) is 0.327. The van der Waals surface area contributed by atoms with E-state index in [4.69, 9.17) is 24.5 Å².